The molecular formula is C16H20N2O2. The summed E-state index contributed by atoms with van der Waals surface area (Å²) in [6.45, 7) is 4.74. The monoisotopic (exact) mass is 272 g/mol. The molecule has 1 amide bonds. The lowest BCUT2D eigenvalue weighted by atomic mass is 9.84. The van der Waals surface area contributed by atoms with Crippen molar-refractivity contribution in [2.45, 2.75) is 38.1 Å². The molecule has 0 saturated carbocycles. The molecule has 2 heterocycles. The number of nitrogens with zero attached hydrogens (tertiary/aromatic N) is 1. The predicted molar refractivity (Wildman–Crippen MR) is 78.2 cm³/mol. The second-order valence-corrected chi connectivity index (χ2v) is 6.23. The Balaban J connectivity index is 2.00. The van der Waals surface area contributed by atoms with Crippen LogP contribution in [0.3, 0.4) is 0 Å². The van der Waals surface area contributed by atoms with Gasteiger partial charge >= 0.3 is 0 Å². The second kappa shape index (κ2) is 4.42. The van der Waals surface area contributed by atoms with Crippen LogP contribution in [0.4, 0.5) is 5.69 Å². The number of likely N-dealkylation sites (N-methyl/N-ethyl adjacent to an activating group) is 1. The van der Waals surface area contributed by atoms with Crippen molar-refractivity contribution < 1.29 is 9.59 Å². The van der Waals surface area contributed by atoms with Crippen LogP contribution >= 0.6 is 0 Å². The molecule has 2 aliphatic heterocycles. The minimum absolute atomic E-state index is 0.0639. The Hall–Kier alpha value is -1.68. The summed E-state index contributed by atoms with van der Waals surface area (Å²) in [4.78, 5) is 26.4. The molecule has 1 saturated heterocycles. The average Bonchev–Trinajstić information content (AvgIpc) is 3.02. The van der Waals surface area contributed by atoms with E-state index < -0.39 is 5.41 Å². The highest BCUT2D eigenvalue weighted by atomic mass is 16.2. The Labute approximate surface area is 119 Å². The molecule has 1 atom stereocenters. The van der Waals surface area contributed by atoms with E-state index >= 15 is 0 Å². The number of benzene rings is 1. The Morgan fingerprint density at radius 1 is 1.40 bits per heavy atom. The first-order chi connectivity index (χ1) is 9.43. The maximum absolute atomic E-state index is 12.5. The van der Waals surface area contributed by atoms with Gasteiger partial charge in [-0.1, -0.05) is 0 Å². The molecule has 1 unspecified atom stereocenters. The summed E-state index contributed by atoms with van der Waals surface area (Å²) in [5, 5.41) is 3.23. The molecule has 0 aromatic heterocycles. The molecule has 0 aliphatic carbocycles. The minimum Gasteiger partial charge on any atom is -0.314 e. The smallest absolute Gasteiger partial charge is 0.236 e. The fraction of sp³-hybridized carbons (Fsp3) is 0.500. The summed E-state index contributed by atoms with van der Waals surface area (Å²) in [5.41, 5.74) is 2.02. The standard InChI is InChI=1S/C16H20N2O2/c1-16(2)11-9-10(14(19)12-5-4-8-17-12)6-7-13(11)18(3)15(16)20/h6-7,9,12,17H,4-5,8H2,1-3H3. The summed E-state index contributed by atoms with van der Waals surface area (Å²) in [5.74, 6) is 0.221. The first-order valence-electron chi connectivity index (χ1n) is 7.13. The number of ketones is 1. The third-order valence-corrected chi connectivity index (χ3v) is 4.53. The topological polar surface area (TPSA) is 49.4 Å². The highest BCUT2D eigenvalue weighted by Gasteiger charge is 2.42. The molecule has 4 nitrogen and oxygen atoms in total. The lowest BCUT2D eigenvalue weighted by molar-refractivity contribution is -0.121. The number of hydrogen-bond donors (Lipinski definition) is 1. The molecule has 0 spiro atoms. The molecule has 1 aromatic rings. The van der Waals surface area contributed by atoms with Crippen LogP contribution in [-0.4, -0.2) is 31.3 Å². The van der Waals surface area contributed by atoms with Crippen LogP contribution in [-0.2, 0) is 10.2 Å². The van der Waals surface area contributed by atoms with Gasteiger partial charge in [-0.25, -0.2) is 0 Å². The van der Waals surface area contributed by atoms with Gasteiger partial charge in [-0.05, 0) is 57.0 Å². The van der Waals surface area contributed by atoms with Gasteiger partial charge in [0.15, 0.2) is 5.78 Å². The number of Topliss-reactive ketones (excluding diaryl/α,β-unsaturated/α-hetero) is 1. The second-order valence-electron chi connectivity index (χ2n) is 6.23. The highest BCUT2D eigenvalue weighted by Crippen LogP contribution is 2.41. The Morgan fingerprint density at radius 2 is 2.15 bits per heavy atom. The molecule has 2 aliphatic rings. The van der Waals surface area contributed by atoms with Crippen LogP contribution in [0, 0.1) is 0 Å². The van der Waals surface area contributed by atoms with Gasteiger partial charge in [-0.15, -0.1) is 0 Å². The number of anilines is 1. The van der Waals surface area contributed by atoms with Crippen LogP contribution in [0.1, 0.15) is 42.6 Å². The van der Waals surface area contributed by atoms with E-state index in [1.165, 1.54) is 0 Å². The first-order valence-corrected chi connectivity index (χ1v) is 7.13. The van der Waals surface area contributed by atoms with E-state index in [9.17, 15) is 9.59 Å². The van der Waals surface area contributed by atoms with Crippen molar-refractivity contribution in [2.75, 3.05) is 18.5 Å². The summed E-state index contributed by atoms with van der Waals surface area (Å²) in [7, 11) is 1.79. The maximum atomic E-state index is 12.5. The summed E-state index contributed by atoms with van der Waals surface area (Å²) >= 11 is 0. The van der Waals surface area contributed by atoms with Crippen LogP contribution in [0.2, 0.25) is 0 Å². The van der Waals surface area contributed by atoms with Crippen molar-refractivity contribution in [1.82, 2.24) is 5.32 Å². The van der Waals surface area contributed by atoms with E-state index in [4.69, 9.17) is 0 Å². The maximum Gasteiger partial charge on any atom is 0.236 e. The van der Waals surface area contributed by atoms with Crippen molar-refractivity contribution in [3.8, 4) is 0 Å². The van der Waals surface area contributed by atoms with Crippen molar-refractivity contribution in [1.29, 1.82) is 0 Å². The Bertz CT molecular complexity index is 586. The predicted octanol–water partition coefficient (Wildman–Crippen LogP) is 1.88. The van der Waals surface area contributed by atoms with E-state index in [1.54, 1.807) is 11.9 Å². The van der Waals surface area contributed by atoms with Gasteiger partial charge in [0.25, 0.3) is 0 Å². The molecule has 0 bridgehead atoms. The summed E-state index contributed by atoms with van der Waals surface area (Å²) < 4.78 is 0. The third-order valence-electron chi connectivity index (χ3n) is 4.53. The van der Waals surface area contributed by atoms with Gasteiger partial charge in [0.05, 0.1) is 11.5 Å². The van der Waals surface area contributed by atoms with E-state index in [1.807, 2.05) is 32.0 Å². The Kier molecular flexibility index (Phi) is 2.94. The van der Waals surface area contributed by atoms with E-state index in [-0.39, 0.29) is 17.7 Å². The molecular weight excluding hydrogens is 252 g/mol. The van der Waals surface area contributed by atoms with Crippen molar-refractivity contribution in [3.63, 3.8) is 0 Å². The van der Waals surface area contributed by atoms with E-state index in [0.717, 1.165) is 30.6 Å². The van der Waals surface area contributed by atoms with Gasteiger partial charge in [-0.3, -0.25) is 9.59 Å². The van der Waals surface area contributed by atoms with Crippen LogP contribution in [0.5, 0.6) is 0 Å². The third kappa shape index (κ3) is 1.79. The molecule has 106 valence electrons. The molecule has 20 heavy (non-hydrogen) atoms. The zero-order valence-electron chi connectivity index (χ0n) is 12.2. The number of fused-ring (bicyclic) bond motifs is 1. The molecule has 3 rings (SSSR count). The SMILES string of the molecule is CN1C(=O)C(C)(C)c2cc(C(=O)C3CCCN3)ccc21. The highest BCUT2D eigenvalue weighted by molar-refractivity contribution is 6.09. The zero-order chi connectivity index (χ0) is 14.5. The number of carbonyl (C=O) groups excluding carboxylic acids is 2. The number of amides is 1. The minimum atomic E-state index is -0.552. The van der Waals surface area contributed by atoms with E-state index in [2.05, 4.69) is 5.32 Å². The zero-order valence-corrected chi connectivity index (χ0v) is 12.2. The molecule has 4 heteroatoms. The number of hydrogen-bond acceptors (Lipinski definition) is 3. The van der Waals surface area contributed by atoms with Gasteiger partial charge in [0.2, 0.25) is 5.91 Å². The van der Waals surface area contributed by atoms with Crippen LogP contribution in [0.25, 0.3) is 0 Å². The van der Waals surface area contributed by atoms with Crippen molar-refractivity contribution in [2.24, 2.45) is 0 Å². The number of nitrogens with one attached hydrogen (secondary N) is 1. The van der Waals surface area contributed by atoms with Gasteiger partial charge in [0, 0.05) is 18.3 Å². The van der Waals surface area contributed by atoms with Crippen molar-refractivity contribution >= 4 is 17.4 Å². The molecule has 1 fully saturated rings. The molecule has 0 radical (unpaired) electrons. The quantitative estimate of drug-likeness (QED) is 0.836. The lowest BCUT2D eigenvalue weighted by Gasteiger charge is -2.17. The summed E-state index contributed by atoms with van der Waals surface area (Å²) in [6.07, 6.45) is 1.95. The van der Waals surface area contributed by atoms with Gasteiger partial charge < -0.3 is 10.2 Å². The number of carbonyl (C=O) groups is 2. The summed E-state index contributed by atoms with van der Waals surface area (Å²) in [6, 6.07) is 5.57. The average molecular weight is 272 g/mol. The number of rotatable bonds is 2. The normalized spacial score (nSPS) is 24.1. The van der Waals surface area contributed by atoms with Crippen molar-refractivity contribution in [3.05, 3.63) is 29.3 Å². The van der Waals surface area contributed by atoms with E-state index in [0.29, 0.717) is 5.56 Å². The van der Waals surface area contributed by atoms with Gasteiger partial charge in [0.1, 0.15) is 0 Å². The largest absolute Gasteiger partial charge is 0.314 e. The van der Waals surface area contributed by atoms with Crippen LogP contribution in [0.15, 0.2) is 18.2 Å². The van der Waals surface area contributed by atoms with Gasteiger partial charge in [-0.2, -0.15) is 0 Å². The lowest BCUT2D eigenvalue weighted by Crippen LogP contribution is -2.33. The fourth-order valence-corrected chi connectivity index (χ4v) is 3.24. The Morgan fingerprint density at radius 3 is 2.80 bits per heavy atom. The van der Waals surface area contributed by atoms with Crippen LogP contribution < -0.4 is 10.2 Å². The molecule has 1 aromatic carbocycles. The first kappa shape index (κ1) is 13.3. The molecule has 1 N–H and O–H groups in total. The fourth-order valence-electron chi connectivity index (χ4n) is 3.24.